The summed E-state index contributed by atoms with van der Waals surface area (Å²) in [6.07, 6.45) is 3.35. The number of benzene rings is 2. The maximum atomic E-state index is 12.0. The van der Waals surface area contributed by atoms with Crippen LogP contribution in [0.5, 0.6) is 5.75 Å². The topological polar surface area (TPSA) is 38.3 Å². The Bertz CT molecular complexity index is 662. The highest BCUT2D eigenvalue weighted by molar-refractivity contribution is 5.92. The molecule has 0 fully saturated rings. The van der Waals surface area contributed by atoms with Crippen LogP contribution in [-0.2, 0) is 4.79 Å². The second kappa shape index (κ2) is 7.46. The van der Waals surface area contributed by atoms with Crippen LogP contribution in [0.15, 0.2) is 54.6 Å². The third kappa shape index (κ3) is 4.22. The summed E-state index contributed by atoms with van der Waals surface area (Å²) in [6, 6.07) is 15.6. The van der Waals surface area contributed by atoms with E-state index in [9.17, 15) is 4.79 Å². The first-order valence-electron chi connectivity index (χ1n) is 7.28. The zero-order valence-corrected chi connectivity index (χ0v) is 13.2. The average molecular weight is 295 g/mol. The van der Waals surface area contributed by atoms with Gasteiger partial charge in [-0.15, -0.1) is 0 Å². The van der Waals surface area contributed by atoms with Gasteiger partial charge in [-0.3, -0.25) is 4.79 Å². The van der Waals surface area contributed by atoms with E-state index in [0.29, 0.717) is 0 Å². The van der Waals surface area contributed by atoms with Crippen LogP contribution in [0.25, 0.3) is 6.08 Å². The molecule has 2 aromatic carbocycles. The van der Waals surface area contributed by atoms with Crippen LogP contribution in [0, 0.1) is 6.92 Å². The molecule has 1 N–H and O–H groups in total. The SMILES string of the molecule is COc1ccc(C)cc1[C@H](C)NC(=O)/C=C/c1ccccc1. The molecule has 22 heavy (non-hydrogen) atoms. The number of aryl methyl sites for hydroxylation is 1. The van der Waals surface area contributed by atoms with Crippen molar-refractivity contribution in [2.24, 2.45) is 0 Å². The van der Waals surface area contributed by atoms with Crippen molar-refractivity contribution in [2.75, 3.05) is 7.11 Å². The van der Waals surface area contributed by atoms with Crippen molar-refractivity contribution in [1.82, 2.24) is 5.32 Å². The van der Waals surface area contributed by atoms with Crippen molar-refractivity contribution in [2.45, 2.75) is 19.9 Å². The van der Waals surface area contributed by atoms with E-state index in [4.69, 9.17) is 4.74 Å². The molecule has 1 amide bonds. The summed E-state index contributed by atoms with van der Waals surface area (Å²) in [5.74, 6) is 0.658. The summed E-state index contributed by atoms with van der Waals surface area (Å²) in [4.78, 5) is 12.0. The van der Waals surface area contributed by atoms with Crippen molar-refractivity contribution < 1.29 is 9.53 Å². The normalized spacial score (nSPS) is 12.1. The number of hydrogen-bond acceptors (Lipinski definition) is 2. The van der Waals surface area contributed by atoms with Gasteiger partial charge < -0.3 is 10.1 Å². The zero-order chi connectivity index (χ0) is 15.9. The van der Waals surface area contributed by atoms with Crippen LogP contribution in [0.3, 0.4) is 0 Å². The molecule has 0 aromatic heterocycles. The lowest BCUT2D eigenvalue weighted by atomic mass is 10.0. The minimum atomic E-state index is -0.125. The summed E-state index contributed by atoms with van der Waals surface area (Å²) in [5.41, 5.74) is 3.11. The Morgan fingerprint density at radius 3 is 2.59 bits per heavy atom. The van der Waals surface area contributed by atoms with Crippen molar-refractivity contribution in [3.05, 3.63) is 71.3 Å². The summed E-state index contributed by atoms with van der Waals surface area (Å²) in [5, 5.41) is 2.96. The Labute approximate surface area is 131 Å². The van der Waals surface area contributed by atoms with Gasteiger partial charge >= 0.3 is 0 Å². The lowest BCUT2D eigenvalue weighted by Gasteiger charge is -2.17. The van der Waals surface area contributed by atoms with Gasteiger partial charge in [0.15, 0.2) is 0 Å². The number of carbonyl (C=O) groups is 1. The van der Waals surface area contributed by atoms with E-state index >= 15 is 0 Å². The minimum absolute atomic E-state index is 0.122. The van der Waals surface area contributed by atoms with Gasteiger partial charge in [0, 0.05) is 11.6 Å². The fourth-order valence-corrected chi connectivity index (χ4v) is 2.27. The van der Waals surface area contributed by atoms with Crippen molar-refractivity contribution in [3.63, 3.8) is 0 Å². The third-order valence-electron chi connectivity index (χ3n) is 3.44. The summed E-state index contributed by atoms with van der Waals surface area (Å²) < 4.78 is 5.36. The fraction of sp³-hybridized carbons (Fsp3) is 0.211. The standard InChI is InChI=1S/C19H21NO2/c1-14-9-11-18(22-3)17(13-14)15(2)20-19(21)12-10-16-7-5-4-6-8-16/h4-13,15H,1-3H3,(H,20,21)/b12-10+/t15-/m0/s1. The molecule has 2 rings (SSSR count). The Balaban J connectivity index is 2.05. The Morgan fingerprint density at radius 1 is 1.18 bits per heavy atom. The van der Waals surface area contributed by atoms with E-state index in [1.54, 1.807) is 19.3 Å². The molecule has 0 bridgehead atoms. The van der Waals surface area contributed by atoms with E-state index in [0.717, 1.165) is 22.4 Å². The number of nitrogens with one attached hydrogen (secondary N) is 1. The number of hydrogen-bond donors (Lipinski definition) is 1. The predicted octanol–water partition coefficient (Wildman–Crippen LogP) is 3.89. The number of amides is 1. The molecular weight excluding hydrogens is 274 g/mol. The predicted molar refractivity (Wildman–Crippen MR) is 89.8 cm³/mol. The smallest absolute Gasteiger partial charge is 0.244 e. The molecule has 114 valence electrons. The molecule has 0 radical (unpaired) electrons. The molecule has 0 unspecified atom stereocenters. The average Bonchev–Trinajstić information content (AvgIpc) is 2.54. The van der Waals surface area contributed by atoms with Gasteiger partial charge in [-0.25, -0.2) is 0 Å². The van der Waals surface area contributed by atoms with E-state index < -0.39 is 0 Å². The van der Waals surface area contributed by atoms with Crippen LogP contribution in [0.4, 0.5) is 0 Å². The summed E-state index contributed by atoms with van der Waals surface area (Å²) >= 11 is 0. The van der Waals surface area contributed by atoms with Crippen LogP contribution < -0.4 is 10.1 Å². The molecule has 0 aliphatic heterocycles. The highest BCUT2D eigenvalue weighted by Gasteiger charge is 2.13. The van der Waals surface area contributed by atoms with Crippen LogP contribution >= 0.6 is 0 Å². The quantitative estimate of drug-likeness (QED) is 0.850. The lowest BCUT2D eigenvalue weighted by molar-refractivity contribution is -0.117. The molecule has 0 saturated heterocycles. The molecule has 3 heteroatoms. The largest absolute Gasteiger partial charge is 0.496 e. The fourth-order valence-electron chi connectivity index (χ4n) is 2.27. The van der Waals surface area contributed by atoms with Crippen molar-refractivity contribution >= 4 is 12.0 Å². The first-order chi connectivity index (χ1) is 10.6. The second-order valence-electron chi connectivity index (χ2n) is 5.22. The van der Waals surface area contributed by atoms with Crippen LogP contribution in [-0.4, -0.2) is 13.0 Å². The van der Waals surface area contributed by atoms with E-state index in [1.807, 2.05) is 62.4 Å². The molecule has 0 heterocycles. The van der Waals surface area contributed by atoms with Gasteiger partial charge in [0.05, 0.1) is 13.2 Å². The van der Waals surface area contributed by atoms with E-state index in [-0.39, 0.29) is 11.9 Å². The maximum absolute atomic E-state index is 12.0. The molecule has 0 aliphatic carbocycles. The zero-order valence-electron chi connectivity index (χ0n) is 13.2. The van der Waals surface area contributed by atoms with Crippen molar-refractivity contribution in [1.29, 1.82) is 0 Å². The Hall–Kier alpha value is -2.55. The van der Waals surface area contributed by atoms with Gasteiger partial charge in [-0.2, -0.15) is 0 Å². The highest BCUT2D eigenvalue weighted by atomic mass is 16.5. The molecular formula is C19H21NO2. The first-order valence-corrected chi connectivity index (χ1v) is 7.28. The minimum Gasteiger partial charge on any atom is -0.496 e. The number of rotatable bonds is 5. The van der Waals surface area contributed by atoms with Crippen LogP contribution in [0.1, 0.15) is 29.7 Å². The highest BCUT2D eigenvalue weighted by Crippen LogP contribution is 2.25. The van der Waals surface area contributed by atoms with Gasteiger partial charge in [-0.1, -0.05) is 48.0 Å². The van der Waals surface area contributed by atoms with Crippen molar-refractivity contribution in [3.8, 4) is 5.75 Å². The molecule has 0 saturated carbocycles. The molecule has 0 aliphatic rings. The monoisotopic (exact) mass is 295 g/mol. The van der Waals surface area contributed by atoms with Gasteiger partial charge in [0.2, 0.25) is 5.91 Å². The maximum Gasteiger partial charge on any atom is 0.244 e. The van der Waals surface area contributed by atoms with Gasteiger partial charge in [0.1, 0.15) is 5.75 Å². The number of methoxy groups -OCH3 is 1. The first kappa shape index (κ1) is 15.8. The lowest BCUT2D eigenvalue weighted by Crippen LogP contribution is -2.25. The second-order valence-corrected chi connectivity index (χ2v) is 5.22. The van der Waals surface area contributed by atoms with Crippen LogP contribution in [0.2, 0.25) is 0 Å². The Morgan fingerprint density at radius 2 is 1.91 bits per heavy atom. The van der Waals surface area contributed by atoms with Gasteiger partial charge in [-0.05, 0) is 31.6 Å². The third-order valence-corrected chi connectivity index (χ3v) is 3.44. The number of ether oxygens (including phenoxy) is 1. The molecule has 1 atom stereocenters. The molecule has 3 nitrogen and oxygen atoms in total. The van der Waals surface area contributed by atoms with E-state index in [2.05, 4.69) is 5.32 Å². The van der Waals surface area contributed by atoms with Gasteiger partial charge in [0.25, 0.3) is 0 Å². The molecule has 2 aromatic rings. The van der Waals surface area contributed by atoms with E-state index in [1.165, 1.54) is 0 Å². The number of carbonyl (C=O) groups excluding carboxylic acids is 1. The summed E-state index contributed by atoms with van der Waals surface area (Å²) in [6.45, 7) is 3.97. The summed E-state index contributed by atoms with van der Waals surface area (Å²) in [7, 11) is 1.64. The Kier molecular flexibility index (Phi) is 5.37. The molecule has 0 spiro atoms.